The Morgan fingerprint density at radius 1 is 1.13 bits per heavy atom. The number of para-hydroxylation sites is 1. The highest BCUT2D eigenvalue weighted by Crippen LogP contribution is 2.23. The molecule has 1 saturated heterocycles. The van der Waals surface area contributed by atoms with Gasteiger partial charge in [-0.05, 0) is 23.6 Å². The maximum atomic E-state index is 12.2. The number of hydrogen-bond donors (Lipinski definition) is 2. The average Bonchev–Trinajstić information content (AvgIpc) is 3.00. The van der Waals surface area contributed by atoms with Crippen molar-refractivity contribution in [3.8, 4) is 0 Å². The molecule has 1 aliphatic rings. The van der Waals surface area contributed by atoms with Crippen molar-refractivity contribution in [1.82, 2.24) is 4.90 Å². The third-order valence-electron chi connectivity index (χ3n) is 3.72. The molecule has 2 heterocycles. The number of primary amides is 1. The summed E-state index contributed by atoms with van der Waals surface area (Å²) < 4.78 is 0. The molecule has 3 N–H and O–H groups in total. The molecule has 0 saturated carbocycles. The third kappa shape index (κ3) is 3.09. The van der Waals surface area contributed by atoms with Crippen molar-refractivity contribution < 1.29 is 14.4 Å². The van der Waals surface area contributed by atoms with E-state index in [9.17, 15) is 14.4 Å². The molecule has 3 amide bonds. The third-order valence-corrected chi connectivity index (χ3v) is 4.58. The maximum absolute atomic E-state index is 12.2. The number of benzene rings is 1. The lowest BCUT2D eigenvalue weighted by atomic mass is 9.98. The van der Waals surface area contributed by atoms with Gasteiger partial charge in [0.25, 0.3) is 11.8 Å². The average molecular weight is 329 g/mol. The summed E-state index contributed by atoms with van der Waals surface area (Å²) in [5.41, 5.74) is 5.95. The fourth-order valence-corrected chi connectivity index (χ4v) is 3.10. The van der Waals surface area contributed by atoms with Gasteiger partial charge in [0, 0.05) is 13.1 Å². The monoisotopic (exact) mass is 329 g/mol. The fraction of sp³-hybridized carbons (Fsp3) is 0.188. The number of likely N-dealkylation sites (tertiary alicyclic amines) is 1. The number of carbonyl (C=O) groups is 3. The summed E-state index contributed by atoms with van der Waals surface area (Å²) in [6, 6.07) is 10.2. The van der Waals surface area contributed by atoms with E-state index >= 15 is 0 Å². The van der Waals surface area contributed by atoms with Crippen LogP contribution in [0, 0.1) is 5.92 Å². The Labute approximate surface area is 136 Å². The van der Waals surface area contributed by atoms with Gasteiger partial charge < -0.3 is 16.0 Å². The number of carbonyl (C=O) groups excluding carboxylic acids is 3. The zero-order valence-corrected chi connectivity index (χ0v) is 13.0. The summed E-state index contributed by atoms with van der Waals surface area (Å²) in [6.07, 6.45) is 0. The predicted molar refractivity (Wildman–Crippen MR) is 87.3 cm³/mol. The molecule has 1 aromatic heterocycles. The number of rotatable bonds is 4. The van der Waals surface area contributed by atoms with Gasteiger partial charge in [-0.15, -0.1) is 11.3 Å². The van der Waals surface area contributed by atoms with E-state index in [2.05, 4.69) is 5.32 Å². The van der Waals surface area contributed by atoms with Crippen LogP contribution in [0.1, 0.15) is 20.0 Å². The van der Waals surface area contributed by atoms with Crippen LogP contribution in [0.4, 0.5) is 5.69 Å². The van der Waals surface area contributed by atoms with Gasteiger partial charge >= 0.3 is 0 Å². The first kappa shape index (κ1) is 15.2. The molecule has 0 atom stereocenters. The highest BCUT2D eigenvalue weighted by Gasteiger charge is 2.36. The highest BCUT2D eigenvalue weighted by atomic mass is 32.1. The number of nitrogens with zero attached hydrogens (tertiary/aromatic N) is 1. The van der Waals surface area contributed by atoms with Gasteiger partial charge in [0.1, 0.15) is 0 Å². The van der Waals surface area contributed by atoms with E-state index in [1.54, 1.807) is 35.2 Å². The Hall–Kier alpha value is -2.67. The summed E-state index contributed by atoms with van der Waals surface area (Å²) in [5, 5.41) is 4.56. The Morgan fingerprint density at radius 3 is 2.52 bits per heavy atom. The number of nitrogens with two attached hydrogens (primary N) is 1. The van der Waals surface area contributed by atoms with Crippen molar-refractivity contribution in [2.75, 3.05) is 18.4 Å². The van der Waals surface area contributed by atoms with E-state index in [1.807, 2.05) is 11.4 Å². The summed E-state index contributed by atoms with van der Waals surface area (Å²) in [4.78, 5) is 38.0. The van der Waals surface area contributed by atoms with Gasteiger partial charge in [-0.2, -0.15) is 0 Å². The molecule has 0 radical (unpaired) electrons. The van der Waals surface area contributed by atoms with Crippen LogP contribution in [0.15, 0.2) is 41.8 Å². The molecular formula is C16H15N3O3S. The Morgan fingerprint density at radius 2 is 1.87 bits per heavy atom. The quantitative estimate of drug-likeness (QED) is 0.891. The lowest BCUT2D eigenvalue weighted by molar-refractivity contribution is -0.123. The minimum Gasteiger partial charge on any atom is -0.366 e. The molecule has 3 rings (SSSR count). The van der Waals surface area contributed by atoms with Gasteiger partial charge in [-0.3, -0.25) is 14.4 Å². The van der Waals surface area contributed by atoms with Crippen LogP contribution < -0.4 is 11.1 Å². The van der Waals surface area contributed by atoms with E-state index in [1.165, 1.54) is 11.3 Å². The Kier molecular flexibility index (Phi) is 4.12. The van der Waals surface area contributed by atoms with Crippen molar-refractivity contribution in [2.45, 2.75) is 0 Å². The molecule has 0 aliphatic carbocycles. The van der Waals surface area contributed by atoms with Crippen molar-refractivity contribution in [1.29, 1.82) is 0 Å². The van der Waals surface area contributed by atoms with Crippen molar-refractivity contribution in [3.63, 3.8) is 0 Å². The molecule has 23 heavy (non-hydrogen) atoms. The second kappa shape index (κ2) is 6.21. The lowest BCUT2D eigenvalue weighted by Gasteiger charge is -2.38. The predicted octanol–water partition coefficient (Wildman–Crippen LogP) is 1.56. The molecule has 1 fully saturated rings. The standard InChI is InChI=1S/C16H15N3O3S/c17-14(20)11-4-1-2-5-12(11)18-15(21)10-8-19(9-10)16(22)13-6-3-7-23-13/h1-7,10H,8-9H2,(H2,17,20)(H,18,21). The number of nitrogens with one attached hydrogen (secondary N) is 1. The molecule has 0 spiro atoms. The van der Waals surface area contributed by atoms with Gasteiger partial charge in [0.05, 0.1) is 22.0 Å². The molecule has 2 aromatic rings. The second-order valence-corrected chi connectivity index (χ2v) is 6.23. The van der Waals surface area contributed by atoms with Crippen molar-refractivity contribution in [2.24, 2.45) is 11.7 Å². The molecule has 118 valence electrons. The molecule has 1 aromatic carbocycles. The first-order chi connectivity index (χ1) is 11.1. The summed E-state index contributed by atoms with van der Waals surface area (Å²) in [6.45, 7) is 0.753. The van der Waals surface area contributed by atoms with Crippen LogP contribution in [0.2, 0.25) is 0 Å². The number of hydrogen-bond acceptors (Lipinski definition) is 4. The normalized spacial score (nSPS) is 14.2. The lowest BCUT2D eigenvalue weighted by Crippen LogP contribution is -2.54. The molecule has 6 nitrogen and oxygen atoms in total. The van der Waals surface area contributed by atoms with E-state index in [-0.39, 0.29) is 23.3 Å². The van der Waals surface area contributed by atoms with Crippen molar-refractivity contribution in [3.05, 3.63) is 52.2 Å². The van der Waals surface area contributed by atoms with E-state index < -0.39 is 5.91 Å². The van der Waals surface area contributed by atoms with Gasteiger partial charge in [-0.25, -0.2) is 0 Å². The van der Waals surface area contributed by atoms with Crippen molar-refractivity contribution >= 4 is 34.7 Å². The van der Waals surface area contributed by atoms with E-state index in [0.717, 1.165) is 0 Å². The Balaban J connectivity index is 1.59. The molecule has 1 aliphatic heterocycles. The summed E-state index contributed by atoms with van der Waals surface area (Å²) in [7, 11) is 0. The number of anilines is 1. The smallest absolute Gasteiger partial charge is 0.263 e. The number of thiophene rings is 1. The van der Waals surface area contributed by atoms with Crippen LogP contribution in [-0.4, -0.2) is 35.7 Å². The van der Waals surface area contributed by atoms with Gasteiger partial charge in [-0.1, -0.05) is 18.2 Å². The summed E-state index contributed by atoms with van der Waals surface area (Å²) in [5.74, 6) is -1.14. The molecule has 0 bridgehead atoms. The van der Waals surface area contributed by atoms with Gasteiger partial charge in [0.15, 0.2) is 0 Å². The van der Waals surface area contributed by atoms with E-state index in [0.29, 0.717) is 23.7 Å². The zero-order valence-electron chi connectivity index (χ0n) is 12.2. The van der Waals surface area contributed by atoms with Crippen LogP contribution in [0.25, 0.3) is 0 Å². The molecular weight excluding hydrogens is 314 g/mol. The van der Waals surface area contributed by atoms with Crippen LogP contribution in [0.3, 0.4) is 0 Å². The van der Waals surface area contributed by atoms with Crippen LogP contribution in [0.5, 0.6) is 0 Å². The largest absolute Gasteiger partial charge is 0.366 e. The van der Waals surface area contributed by atoms with Crippen LogP contribution in [-0.2, 0) is 4.79 Å². The van der Waals surface area contributed by atoms with Gasteiger partial charge in [0.2, 0.25) is 5.91 Å². The Bertz CT molecular complexity index is 752. The molecule has 7 heteroatoms. The first-order valence-corrected chi connectivity index (χ1v) is 7.96. The topological polar surface area (TPSA) is 92.5 Å². The maximum Gasteiger partial charge on any atom is 0.263 e. The zero-order chi connectivity index (χ0) is 16.4. The van der Waals surface area contributed by atoms with Crippen LogP contribution >= 0.6 is 11.3 Å². The second-order valence-electron chi connectivity index (χ2n) is 5.28. The fourth-order valence-electron chi connectivity index (χ4n) is 2.41. The number of amides is 3. The SMILES string of the molecule is NC(=O)c1ccccc1NC(=O)C1CN(C(=O)c2cccs2)C1. The van der Waals surface area contributed by atoms with E-state index in [4.69, 9.17) is 5.73 Å². The minimum absolute atomic E-state index is 0.0541. The summed E-state index contributed by atoms with van der Waals surface area (Å²) >= 11 is 1.38. The first-order valence-electron chi connectivity index (χ1n) is 7.08. The minimum atomic E-state index is -0.594. The molecule has 0 unspecified atom stereocenters. The highest BCUT2D eigenvalue weighted by molar-refractivity contribution is 7.12.